The highest BCUT2D eigenvalue weighted by Crippen LogP contribution is 2.22. The molecular weight excluding hydrogens is 270 g/mol. The first-order valence-electron chi connectivity index (χ1n) is 6.73. The van der Waals surface area contributed by atoms with Gasteiger partial charge in [-0.05, 0) is 17.5 Å². The number of carbonyl (C=O) groups excluding carboxylic acids is 1. The van der Waals surface area contributed by atoms with E-state index in [0.717, 1.165) is 10.9 Å². The number of hydrogen-bond acceptors (Lipinski definition) is 3. The van der Waals surface area contributed by atoms with E-state index in [-0.39, 0.29) is 17.7 Å². The summed E-state index contributed by atoms with van der Waals surface area (Å²) in [4.78, 5) is 23.3. The molecule has 6 heteroatoms. The molecule has 6 nitrogen and oxygen atoms in total. The molecule has 1 atom stereocenters. The second kappa shape index (κ2) is 5.55. The molecule has 0 aliphatic rings. The van der Waals surface area contributed by atoms with E-state index in [1.165, 1.54) is 0 Å². The van der Waals surface area contributed by atoms with Crippen LogP contribution in [0, 0.1) is 5.41 Å². The van der Waals surface area contributed by atoms with Gasteiger partial charge in [0.15, 0.2) is 0 Å². The third-order valence-electron chi connectivity index (χ3n) is 3.43. The number of amides is 1. The van der Waals surface area contributed by atoms with Crippen molar-refractivity contribution in [2.45, 2.75) is 33.2 Å². The van der Waals surface area contributed by atoms with Gasteiger partial charge in [-0.2, -0.15) is 5.10 Å². The third-order valence-corrected chi connectivity index (χ3v) is 3.43. The molecule has 0 aliphatic heterocycles. The standard InChI is InChI=1S/C15H19N3O3/c1-15(2,3)12(7-13(19)20)17-14(21)9-4-5-10-8-16-18-11(10)6-9/h4-6,8,12H,7H2,1-3H3,(H,16,18)(H,17,21)(H,19,20). The van der Waals surface area contributed by atoms with Crippen LogP contribution in [0.15, 0.2) is 24.4 Å². The second-order valence-corrected chi connectivity index (χ2v) is 6.16. The SMILES string of the molecule is CC(C)(C)C(CC(=O)O)NC(=O)c1ccc2cn[nH]c2c1. The second-order valence-electron chi connectivity index (χ2n) is 6.16. The zero-order valence-corrected chi connectivity index (χ0v) is 12.3. The number of carboxylic acids is 1. The lowest BCUT2D eigenvalue weighted by Gasteiger charge is -2.30. The molecule has 0 aliphatic carbocycles. The van der Waals surface area contributed by atoms with Gasteiger partial charge in [-0.1, -0.05) is 26.8 Å². The molecule has 112 valence electrons. The predicted molar refractivity (Wildman–Crippen MR) is 79.1 cm³/mol. The maximum atomic E-state index is 12.3. The maximum absolute atomic E-state index is 12.3. The van der Waals surface area contributed by atoms with E-state index < -0.39 is 12.0 Å². The molecule has 1 aromatic carbocycles. The maximum Gasteiger partial charge on any atom is 0.305 e. The summed E-state index contributed by atoms with van der Waals surface area (Å²) in [7, 11) is 0. The molecule has 0 radical (unpaired) electrons. The van der Waals surface area contributed by atoms with Gasteiger partial charge in [0.05, 0.1) is 18.1 Å². The Morgan fingerprint density at radius 2 is 2.10 bits per heavy atom. The summed E-state index contributed by atoms with van der Waals surface area (Å²) in [6, 6.07) is 4.77. The van der Waals surface area contributed by atoms with Crippen LogP contribution in [0.25, 0.3) is 10.9 Å². The summed E-state index contributed by atoms with van der Waals surface area (Å²) in [5.41, 5.74) is 0.908. The summed E-state index contributed by atoms with van der Waals surface area (Å²) < 4.78 is 0. The van der Waals surface area contributed by atoms with E-state index in [0.29, 0.717) is 5.56 Å². The zero-order chi connectivity index (χ0) is 15.6. The Morgan fingerprint density at radius 1 is 1.38 bits per heavy atom. The monoisotopic (exact) mass is 289 g/mol. The minimum absolute atomic E-state index is 0.110. The van der Waals surface area contributed by atoms with Crippen LogP contribution in [0.1, 0.15) is 37.6 Å². The van der Waals surface area contributed by atoms with Gasteiger partial charge in [0.2, 0.25) is 0 Å². The summed E-state index contributed by atoms with van der Waals surface area (Å²) in [5.74, 6) is -1.22. The molecule has 0 saturated carbocycles. The molecule has 0 spiro atoms. The van der Waals surface area contributed by atoms with Crippen LogP contribution >= 0.6 is 0 Å². The van der Waals surface area contributed by atoms with E-state index in [1.807, 2.05) is 20.8 Å². The Bertz CT molecular complexity index is 670. The molecule has 1 unspecified atom stereocenters. The number of aromatic nitrogens is 2. The van der Waals surface area contributed by atoms with Gasteiger partial charge in [0.25, 0.3) is 5.91 Å². The molecule has 1 amide bonds. The van der Waals surface area contributed by atoms with E-state index in [1.54, 1.807) is 24.4 Å². The first-order chi connectivity index (χ1) is 9.77. The van der Waals surface area contributed by atoms with Crippen LogP contribution in [0.3, 0.4) is 0 Å². The van der Waals surface area contributed by atoms with Crippen molar-refractivity contribution in [3.8, 4) is 0 Å². The number of aromatic amines is 1. The fourth-order valence-electron chi connectivity index (χ4n) is 2.07. The Morgan fingerprint density at radius 3 is 2.71 bits per heavy atom. The van der Waals surface area contributed by atoms with E-state index in [9.17, 15) is 9.59 Å². The minimum atomic E-state index is -0.931. The minimum Gasteiger partial charge on any atom is -0.481 e. The van der Waals surface area contributed by atoms with Crippen molar-refractivity contribution in [3.63, 3.8) is 0 Å². The molecule has 2 aromatic rings. The normalized spacial score (nSPS) is 13.1. The summed E-state index contributed by atoms with van der Waals surface area (Å²) >= 11 is 0. The lowest BCUT2D eigenvalue weighted by atomic mass is 9.84. The van der Waals surface area contributed by atoms with Crippen molar-refractivity contribution in [3.05, 3.63) is 30.0 Å². The molecule has 1 heterocycles. The van der Waals surface area contributed by atoms with Crippen LogP contribution in [0.4, 0.5) is 0 Å². The van der Waals surface area contributed by atoms with Crippen molar-refractivity contribution in [2.24, 2.45) is 5.41 Å². The fraction of sp³-hybridized carbons (Fsp3) is 0.400. The first kappa shape index (κ1) is 15.0. The van der Waals surface area contributed by atoms with Crippen LogP contribution in [0.5, 0.6) is 0 Å². The summed E-state index contributed by atoms with van der Waals surface area (Å²) in [6.45, 7) is 5.71. The molecular formula is C15H19N3O3. The molecule has 1 aromatic heterocycles. The lowest BCUT2D eigenvalue weighted by molar-refractivity contribution is -0.138. The smallest absolute Gasteiger partial charge is 0.305 e. The fourth-order valence-corrected chi connectivity index (χ4v) is 2.07. The number of nitrogens with zero attached hydrogens (tertiary/aromatic N) is 1. The van der Waals surface area contributed by atoms with Crippen molar-refractivity contribution < 1.29 is 14.7 Å². The zero-order valence-electron chi connectivity index (χ0n) is 12.3. The molecule has 0 bridgehead atoms. The number of H-pyrrole nitrogens is 1. The number of aliphatic carboxylic acids is 1. The summed E-state index contributed by atoms with van der Waals surface area (Å²) in [5, 5.41) is 19.4. The van der Waals surface area contributed by atoms with Gasteiger partial charge in [-0.3, -0.25) is 14.7 Å². The van der Waals surface area contributed by atoms with Crippen LogP contribution in [-0.4, -0.2) is 33.2 Å². The number of benzene rings is 1. The topological polar surface area (TPSA) is 95.1 Å². The van der Waals surface area contributed by atoms with Crippen molar-refractivity contribution >= 4 is 22.8 Å². The molecule has 21 heavy (non-hydrogen) atoms. The highest BCUT2D eigenvalue weighted by atomic mass is 16.4. The number of carboxylic acid groups (broad SMARTS) is 1. The van der Waals surface area contributed by atoms with Gasteiger partial charge in [0, 0.05) is 17.0 Å². The average molecular weight is 289 g/mol. The predicted octanol–water partition coefficient (Wildman–Crippen LogP) is 2.18. The molecule has 3 N–H and O–H groups in total. The number of nitrogens with one attached hydrogen (secondary N) is 2. The number of rotatable bonds is 4. The van der Waals surface area contributed by atoms with Gasteiger partial charge in [-0.25, -0.2) is 0 Å². The molecule has 0 saturated heterocycles. The van der Waals surface area contributed by atoms with Gasteiger partial charge < -0.3 is 10.4 Å². The number of hydrogen-bond donors (Lipinski definition) is 3. The van der Waals surface area contributed by atoms with Crippen LogP contribution < -0.4 is 5.32 Å². The average Bonchev–Trinajstić information content (AvgIpc) is 2.83. The largest absolute Gasteiger partial charge is 0.481 e. The van der Waals surface area contributed by atoms with Crippen LogP contribution in [0.2, 0.25) is 0 Å². The van der Waals surface area contributed by atoms with E-state index >= 15 is 0 Å². The van der Waals surface area contributed by atoms with Gasteiger partial charge >= 0.3 is 5.97 Å². The Balaban J connectivity index is 2.19. The molecule has 0 fully saturated rings. The van der Waals surface area contributed by atoms with Crippen molar-refractivity contribution in [1.82, 2.24) is 15.5 Å². The third kappa shape index (κ3) is 3.59. The van der Waals surface area contributed by atoms with Crippen LogP contribution in [-0.2, 0) is 4.79 Å². The summed E-state index contributed by atoms with van der Waals surface area (Å²) in [6.07, 6.45) is 1.57. The molecule has 2 rings (SSSR count). The Labute approximate surface area is 122 Å². The first-order valence-corrected chi connectivity index (χ1v) is 6.73. The van der Waals surface area contributed by atoms with Crippen molar-refractivity contribution in [1.29, 1.82) is 0 Å². The van der Waals surface area contributed by atoms with Crippen molar-refractivity contribution in [2.75, 3.05) is 0 Å². The highest BCUT2D eigenvalue weighted by molar-refractivity contribution is 5.98. The Hall–Kier alpha value is -2.37. The van der Waals surface area contributed by atoms with E-state index in [2.05, 4.69) is 15.5 Å². The number of fused-ring (bicyclic) bond motifs is 1. The van der Waals surface area contributed by atoms with E-state index in [4.69, 9.17) is 5.11 Å². The number of carbonyl (C=O) groups is 2. The quantitative estimate of drug-likeness (QED) is 0.804. The van der Waals surface area contributed by atoms with Gasteiger partial charge in [-0.15, -0.1) is 0 Å². The Kier molecular flexibility index (Phi) is 3.97. The highest BCUT2D eigenvalue weighted by Gasteiger charge is 2.28. The lowest BCUT2D eigenvalue weighted by Crippen LogP contribution is -2.45. The van der Waals surface area contributed by atoms with Gasteiger partial charge in [0.1, 0.15) is 0 Å².